The lowest BCUT2D eigenvalue weighted by molar-refractivity contribution is -0.164. The predicted molar refractivity (Wildman–Crippen MR) is 71.0 cm³/mol. The fraction of sp³-hybridized carbons (Fsp3) is 0.500. The van der Waals surface area contributed by atoms with Gasteiger partial charge in [-0.3, -0.25) is 4.90 Å². The van der Waals surface area contributed by atoms with Crippen LogP contribution in [0.5, 0.6) is 0 Å². The van der Waals surface area contributed by atoms with Crippen LogP contribution in [0.15, 0.2) is 30.3 Å². The van der Waals surface area contributed by atoms with Gasteiger partial charge in [-0.25, -0.2) is 4.79 Å². The molecule has 0 bridgehead atoms. The molecule has 21 heavy (non-hydrogen) atoms. The average Bonchev–Trinajstić information content (AvgIpc) is 2.40. The number of halogens is 3. The van der Waals surface area contributed by atoms with Crippen molar-refractivity contribution in [3.63, 3.8) is 0 Å². The molecule has 1 aromatic rings. The Morgan fingerprint density at radius 3 is 2.52 bits per heavy atom. The van der Waals surface area contributed by atoms with Gasteiger partial charge >= 0.3 is 12.1 Å². The first-order valence-corrected chi connectivity index (χ1v) is 6.62. The van der Waals surface area contributed by atoms with Crippen molar-refractivity contribution < 1.29 is 22.7 Å². The summed E-state index contributed by atoms with van der Waals surface area (Å²) >= 11 is 0. The van der Waals surface area contributed by atoms with E-state index in [-0.39, 0.29) is 12.6 Å². The number of likely N-dealkylation sites (N-methyl/N-ethyl adjacent to an activating group) is 1. The Morgan fingerprint density at radius 2 is 2.00 bits per heavy atom. The summed E-state index contributed by atoms with van der Waals surface area (Å²) in [6.07, 6.45) is -4.62. The molecule has 7 heteroatoms. The Morgan fingerprint density at radius 1 is 1.38 bits per heavy atom. The van der Waals surface area contributed by atoms with Gasteiger partial charge in [-0.2, -0.15) is 13.2 Å². The summed E-state index contributed by atoms with van der Waals surface area (Å²) in [5.74, 6) is -0.443. The zero-order valence-electron chi connectivity index (χ0n) is 11.6. The summed E-state index contributed by atoms with van der Waals surface area (Å²) in [5.41, 5.74) is 0.444. The Labute approximate surface area is 120 Å². The van der Waals surface area contributed by atoms with E-state index in [9.17, 15) is 18.0 Å². The van der Waals surface area contributed by atoms with Crippen LogP contribution in [-0.2, 0) is 4.74 Å². The van der Waals surface area contributed by atoms with Crippen molar-refractivity contribution in [2.45, 2.75) is 18.3 Å². The van der Waals surface area contributed by atoms with Gasteiger partial charge in [0.15, 0.2) is 0 Å². The molecular formula is C14H17F3N2O2. The number of likely N-dealkylation sites (tertiary alicyclic amines) is 1. The van der Waals surface area contributed by atoms with Crippen LogP contribution in [0.1, 0.15) is 10.4 Å². The van der Waals surface area contributed by atoms with Crippen LogP contribution in [0.2, 0.25) is 0 Å². The molecule has 1 aliphatic heterocycles. The van der Waals surface area contributed by atoms with Gasteiger partial charge < -0.3 is 10.1 Å². The highest BCUT2D eigenvalue weighted by Crippen LogP contribution is 2.23. The molecule has 1 unspecified atom stereocenters. The number of carbonyl (C=O) groups excluding carboxylic acids is 1. The first kappa shape index (κ1) is 15.8. The minimum Gasteiger partial charge on any atom is -0.456 e. The first-order valence-electron chi connectivity index (χ1n) is 6.62. The quantitative estimate of drug-likeness (QED) is 0.840. The summed E-state index contributed by atoms with van der Waals surface area (Å²) in [7, 11) is 1.28. The Bertz CT molecular complexity index is 473. The maximum atomic E-state index is 12.6. The first-order chi connectivity index (χ1) is 9.90. The average molecular weight is 302 g/mol. The summed E-state index contributed by atoms with van der Waals surface area (Å²) < 4.78 is 43.0. The lowest BCUT2D eigenvalue weighted by Crippen LogP contribution is -2.59. The number of esters is 1. The second kappa shape index (κ2) is 6.44. The van der Waals surface area contributed by atoms with Gasteiger partial charge in [0.05, 0.1) is 5.56 Å². The minimum atomic E-state index is -4.28. The zero-order valence-corrected chi connectivity index (χ0v) is 11.6. The Hall–Kier alpha value is -1.60. The van der Waals surface area contributed by atoms with Crippen molar-refractivity contribution in [3.05, 3.63) is 35.9 Å². The topological polar surface area (TPSA) is 41.6 Å². The van der Waals surface area contributed by atoms with Crippen molar-refractivity contribution in [2.24, 2.45) is 0 Å². The maximum absolute atomic E-state index is 12.6. The lowest BCUT2D eigenvalue weighted by atomic mass is 10.1. The van der Waals surface area contributed by atoms with Crippen LogP contribution < -0.4 is 5.32 Å². The van der Waals surface area contributed by atoms with Gasteiger partial charge in [-0.1, -0.05) is 18.2 Å². The molecule has 0 aliphatic carbocycles. The second-order valence-corrected chi connectivity index (χ2v) is 4.99. The second-order valence-electron chi connectivity index (χ2n) is 4.99. The Balaban J connectivity index is 1.76. The van der Waals surface area contributed by atoms with Crippen LogP contribution in [0, 0.1) is 0 Å². The van der Waals surface area contributed by atoms with E-state index in [0.29, 0.717) is 18.7 Å². The highest BCUT2D eigenvalue weighted by atomic mass is 19.4. The predicted octanol–water partition coefficient (Wildman–Crippen LogP) is 1.68. The molecule has 1 saturated heterocycles. The van der Waals surface area contributed by atoms with E-state index in [0.717, 1.165) is 0 Å². The molecule has 0 aromatic heterocycles. The van der Waals surface area contributed by atoms with Crippen LogP contribution in [0.4, 0.5) is 13.2 Å². The van der Waals surface area contributed by atoms with Gasteiger partial charge in [0, 0.05) is 19.6 Å². The Kier molecular flexibility index (Phi) is 4.84. The zero-order chi connectivity index (χ0) is 15.5. The van der Waals surface area contributed by atoms with Gasteiger partial charge in [-0.05, 0) is 19.2 Å². The lowest BCUT2D eigenvalue weighted by Gasteiger charge is -2.40. The van der Waals surface area contributed by atoms with Crippen molar-refractivity contribution in [2.75, 3.05) is 26.7 Å². The molecule has 1 heterocycles. The van der Waals surface area contributed by atoms with E-state index in [1.165, 1.54) is 7.05 Å². The standard InChI is InChI=1S/C14H17F3N2O2/c1-18-12(14(15,16)17)9-19-7-11(8-19)21-13(20)10-5-3-2-4-6-10/h2-6,11-12,18H,7-9H2,1H3. The van der Waals surface area contributed by atoms with Crippen LogP contribution in [-0.4, -0.2) is 55.9 Å². The van der Waals surface area contributed by atoms with Crippen molar-refractivity contribution in [1.29, 1.82) is 0 Å². The number of ether oxygens (including phenoxy) is 1. The molecule has 4 nitrogen and oxygen atoms in total. The van der Waals surface area contributed by atoms with E-state index < -0.39 is 18.2 Å². The smallest absolute Gasteiger partial charge is 0.405 e. The molecule has 1 aromatic carbocycles. The SMILES string of the molecule is CNC(CN1CC(OC(=O)c2ccccc2)C1)C(F)(F)F. The molecule has 1 atom stereocenters. The normalized spacial score (nSPS) is 18.1. The fourth-order valence-corrected chi connectivity index (χ4v) is 2.16. The molecule has 0 saturated carbocycles. The third kappa shape index (κ3) is 4.18. The number of nitrogens with zero attached hydrogens (tertiary/aromatic N) is 1. The molecule has 0 spiro atoms. The molecule has 1 N–H and O–H groups in total. The number of carbonyl (C=O) groups is 1. The van der Waals surface area contributed by atoms with E-state index in [1.807, 2.05) is 0 Å². The summed E-state index contributed by atoms with van der Waals surface area (Å²) in [5, 5.41) is 2.25. The molecule has 0 radical (unpaired) electrons. The largest absolute Gasteiger partial charge is 0.456 e. The summed E-state index contributed by atoms with van der Waals surface area (Å²) in [4.78, 5) is 13.4. The third-order valence-electron chi connectivity index (χ3n) is 3.39. The van der Waals surface area contributed by atoms with Crippen molar-refractivity contribution >= 4 is 5.97 Å². The highest BCUT2D eigenvalue weighted by Gasteiger charge is 2.42. The van der Waals surface area contributed by atoms with Gasteiger partial charge in [0.2, 0.25) is 0 Å². The number of benzene rings is 1. The molecule has 2 rings (SSSR count). The highest BCUT2D eigenvalue weighted by molar-refractivity contribution is 5.89. The number of hydrogen-bond donors (Lipinski definition) is 1. The van der Waals surface area contributed by atoms with E-state index in [1.54, 1.807) is 35.2 Å². The number of alkyl halides is 3. The maximum Gasteiger partial charge on any atom is 0.405 e. The van der Waals surface area contributed by atoms with E-state index >= 15 is 0 Å². The van der Waals surface area contributed by atoms with E-state index in [4.69, 9.17) is 4.74 Å². The van der Waals surface area contributed by atoms with E-state index in [2.05, 4.69) is 5.32 Å². The summed E-state index contributed by atoms with van der Waals surface area (Å²) in [6, 6.07) is 6.95. The number of hydrogen-bond acceptors (Lipinski definition) is 4. The van der Waals surface area contributed by atoms with Crippen LogP contribution in [0.25, 0.3) is 0 Å². The molecule has 0 amide bonds. The number of rotatable bonds is 5. The summed E-state index contributed by atoms with van der Waals surface area (Å²) in [6.45, 7) is 0.513. The van der Waals surface area contributed by atoms with Gasteiger partial charge in [0.1, 0.15) is 12.1 Å². The van der Waals surface area contributed by atoms with Gasteiger partial charge in [-0.15, -0.1) is 0 Å². The van der Waals surface area contributed by atoms with Crippen molar-refractivity contribution in [3.8, 4) is 0 Å². The fourth-order valence-electron chi connectivity index (χ4n) is 2.16. The molecule has 116 valence electrons. The van der Waals surface area contributed by atoms with Gasteiger partial charge in [0.25, 0.3) is 0 Å². The number of nitrogens with one attached hydrogen (secondary N) is 1. The minimum absolute atomic E-state index is 0.139. The molecule has 1 fully saturated rings. The van der Waals surface area contributed by atoms with Crippen LogP contribution >= 0.6 is 0 Å². The van der Waals surface area contributed by atoms with Crippen molar-refractivity contribution in [1.82, 2.24) is 10.2 Å². The molecular weight excluding hydrogens is 285 g/mol. The van der Waals surface area contributed by atoms with Crippen LogP contribution in [0.3, 0.4) is 0 Å². The monoisotopic (exact) mass is 302 g/mol. The third-order valence-corrected chi connectivity index (χ3v) is 3.39. The molecule has 1 aliphatic rings.